The molecule has 0 unspecified atom stereocenters. The Kier molecular flexibility index (Phi) is 6.01. The number of rotatable bonds is 5. The number of carbonyl (C=O) groups is 1. The number of aryl methyl sites for hydroxylation is 1. The standard InChI is InChI=1S/C22H16BrClN4O3/c1-13-5-7-17(10-18(13)24)25-19(29)12-28-11-15(6-8-20(28)30)22-26-21(27-31-22)14-3-2-4-16(23)9-14/h2-11H,12H2,1H3,(H,25,29). The molecule has 0 aliphatic heterocycles. The number of pyridine rings is 1. The Hall–Kier alpha value is -3.23. The van der Waals surface area contributed by atoms with Crippen molar-refractivity contribution in [1.29, 1.82) is 0 Å². The van der Waals surface area contributed by atoms with Gasteiger partial charge in [0.05, 0.1) is 5.56 Å². The van der Waals surface area contributed by atoms with E-state index in [0.29, 0.717) is 22.1 Å². The van der Waals surface area contributed by atoms with Crippen molar-refractivity contribution in [2.24, 2.45) is 0 Å². The minimum atomic E-state index is -0.362. The van der Waals surface area contributed by atoms with Gasteiger partial charge in [0.25, 0.3) is 11.4 Å². The zero-order valence-corrected chi connectivity index (χ0v) is 18.6. The number of amides is 1. The largest absolute Gasteiger partial charge is 0.334 e. The lowest BCUT2D eigenvalue weighted by atomic mass is 10.2. The molecule has 9 heteroatoms. The van der Waals surface area contributed by atoms with Crippen LogP contribution in [0, 0.1) is 6.92 Å². The molecular formula is C22H16BrClN4O3. The molecule has 2 aromatic carbocycles. The molecule has 0 fully saturated rings. The molecule has 4 rings (SSSR count). The Morgan fingerprint density at radius 3 is 2.77 bits per heavy atom. The van der Waals surface area contributed by atoms with Gasteiger partial charge in [0.1, 0.15) is 6.54 Å². The number of anilines is 1. The van der Waals surface area contributed by atoms with Gasteiger partial charge < -0.3 is 14.4 Å². The van der Waals surface area contributed by atoms with Gasteiger partial charge in [-0.05, 0) is 42.8 Å². The lowest BCUT2D eigenvalue weighted by Crippen LogP contribution is -2.26. The van der Waals surface area contributed by atoms with Gasteiger partial charge in [-0.1, -0.05) is 50.9 Å². The molecule has 0 atom stereocenters. The zero-order valence-electron chi connectivity index (χ0n) is 16.3. The molecule has 0 radical (unpaired) electrons. The van der Waals surface area contributed by atoms with Crippen molar-refractivity contribution in [3.63, 3.8) is 0 Å². The average Bonchev–Trinajstić information content (AvgIpc) is 3.23. The van der Waals surface area contributed by atoms with Gasteiger partial charge in [-0.25, -0.2) is 0 Å². The first kappa shape index (κ1) is 21.0. The molecule has 2 heterocycles. The third-order valence-electron chi connectivity index (χ3n) is 4.51. The Morgan fingerprint density at radius 2 is 2.00 bits per heavy atom. The number of aromatic nitrogens is 3. The summed E-state index contributed by atoms with van der Waals surface area (Å²) in [7, 11) is 0. The van der Waals surface area contributed by atoms with Crippen LogP contribution in [0.1, 0.15) is 5.56 Å². The average molecular weight is 500 g/mol. The number of benzene rings is 2. The van der Waals surface area contributed by atoms with Crippen molar-refractivity contribution < 1.29 is 9.32 Å². The molecule has 2 aromatic heterocycles. The molecule has 156 valence electrons. The third-order valence-corrected chi connectivity index (χ3v) is 5.41. The van der Waals surface area contributed by atoms with Crippen LogP contribution in [0.25, 0.3) is 22.8 Å². The van der Waals surface area contributed by atoms with E-state index in [1.165, 1.54) is 16.8 Å². The van der Waals surface area contributed by atoms with Crippen molar-refractivity contribution >= 4 is 39.1 Å². The minimum Gasteiger partial charge on any atom is -0.334 e. The highest BCUT2D eigenvalue weighted by Crippen LogP contribution is 2.24. The Bertz CT molecular complexity index is 1330. The summed E-state index contributed by atoms with van der Waals surface area (Å²) in [5.74, 6) is 0.303. The second-order valence-corrected chi connectivity index (χ2v) is 8.15. The predicted octanol–water partition coefficient (Wildman–Crippen LogP) is 4.93. The fourth-order valence-corrected chi connectivity index (χ4v) is 3.47. The normalized spacial score (nSPS) is 10.8. The lowest BCUT2D eigenvalue weighted by Gasteiger charge is -2.09. The first-order valence-electron chi connectivity index (χ1n) is 9.25. The molecule has 0 bridgehead atoms. The maximum atomic E-state index is 12.4. The van der Waals surface area contributed by atoms with E-state index in [-0.39, 0.29) is 23.9 Å². The third kappa shape index (κ3) is 4.92. The van der Waals surface area contributed by atoms with Crippen LogP contribution in [0.5, 0.6) is 0 Å². The molecule has 31 heavy (non-hydrogen) atoms. The monoisotopic (exact) mass is 498 g/mol. The maximum Gasteiger partial charge on any atom is 0.259 e. The van der Waals surface area contributed by atoms with E-state index in [0.717, 1.165) is 15.6 Å². The molecule has 0 spiro atoms. The van der Waals surface area contributed by atoms with Crippen LogP contribution in [-0.2, 0) is 11.3 Å². The molecule has 0 saturated heterocycles. The summed E-state index contributed by atoms with van der Waals surface area (Å²) in [6, 6.07) is 15.7. The van der Waals surface area contributed by atoms with Crippen LogP contribution < -0.4 is 10.9 Å². The molecular weight excluding hydrogens is 484 g/mol. The summed E-state index contributed by atoms with van der Waals surface area (Å²) in [6.45, 7) is 1.70. The fourth-order valence-electron chi connectivity index (χ4n) is 2.89. The number of nitrogens with one attached hydrogen (secondary N) is 1. The lowest BCUT2D eigenvalue weighted by molar-refractivity contribution is -0.116. The van der Waals surface area contributed by atoms with Gasteiger partial charge in [-0.2, -0.15) is 4.98 Å². The Morgan fingerprint density at radius 1 is 1.16 bits per heavy atom. The second kappa shape index (κ2) is 8.87. The summed E-state index contributed by atoms with van der Waals surface area (Å²) in [5, 5.41) is 7.29. The van der Waals surface area contributed by atoms with E-state index in [4.69, 9.17) is 16.1 Å². The zero-order chi connectivity index (χ0) is 22.0. The number of hydrogen-bond acceptors (Lipinski definition) is 5. The molecule has 0 aliphatic rings. The molecule has 0 saturated carbocycles. The maximum absolute atomic E-state index is 12.4. The van der Waals surface area contributed by atoms with Crippen LogP contribution in [0.4, 0.5) is 5.69 Å². The summed E-state index contributed by atoms with van der Waals surface area (Å²) in [6.07, 6.45) is 1.52. The first-order valence-corrected chi connectivity index (χ1v) is 10.4. The highest BCUT2D eigenvalue weighted by atomic mass is 79.9. The molecule has 0 aliphatic carbocycles. The highest BCUT2D eigenvalue weighted by Gasteiger charge is 2.13. The smallest absolute Gasteiger partial charge is 0.259 e. The van der Waals surface area contributed by atoms with Crippen LogP contribution in [-0.4, -0.2) is 20.6 Å². The van der Waals surface area contributed by atoms with Crippen LogP contribution in [0.3, 0.4) is 0 Å². The van der Waals surface area contributed by atoms with E-state index < -0.39 is 0 Å². The van der Waals surface area contributed by atoms with E-state index >= 15 is 0 Å². The van der Waals surface area contributed by atoms with Crippen molar-refractivity contribution in [1.82, 2.24) is 14.7 Å². The van der Waals surface area contributed by atoms with Crippen LogP contribution in [0.15, 0.2) is 74.6 Å². The number of hydrogen-bond donors (Lipinski definition) is 1. The SMILES string of the molecule is Cc1ccc(NC(=O)Cn2cc(-c3nc(-c4cccc(Br)c4)no3)ccc2=O)cc1Cl. The molecule has 4 aromatic rings. The van der Waals surface area contributed by atoms with Gasteiger partial charge >= 0.3 is 0 Å². The summed E-state index contributed by atoms with van der Waals surface area (Å²) < 4.78 is 7.53. The quantitative estimate of drug-likeness (QED) is 0.421. The Labute approximate surface area is 190 Å². The molecule has 1 N–H and O–H groups in total. The first-order chi connectivity index (χ1) is 14.9. The van der Waals surface area contributed by atoms with Gasteiger partial charge in [-0.3, -0.25) is 9.59 Å². The van der Waals surface area contributed by atoms with Crippen LogP contribution >= 0.6 is 27.5 Å². The van der Waals surface area contributed by atoms with E-state index in [1.54, 1.807) is 18.2 Å². The number of nitrogens with zero attached hydrogens (tertiary/aromatic N) is 3. The van der Waals surface area contributed by atoms with Crippen molar-refractivity contribution in [2.45, 2.75) is 13.5 Å². The summed E-state index contributed by atoms with van der Waals surface area (Å²) in [5.41, 5.74) is 2.45. The van der Waals surface area contributed by atoms with E-state index in [2.05, 4.69) is 31.4 Å². The van der Waals surface area contributed by atoms with Crippen LogP contribution in [0.2, 0.25) is 5.02 Å². The fraction of sp³-hybridized carbons (Fsp3) is 0.0909. The summed E-state index contributed by atoms with van der Waals surface area (Å²) in [4.78, 5) is 29.1. The molecule has 1 amide bonds. The van der Waals surface area contributed by atoms with Gasteiger partial charge in [0.15, 0.2) is 0 Å². The number of halogens is 2. The highest BCUT2D eigenvalue weighted by molar-refractivity contribution is 9.10. The predicted molar refractivity (Wildman–Crippen MR) is 122 cm³/mol. The summed E-state index contributed by atoms with van der Waals surface area (Å²) >= 11 is 9.51. The number of carbonyl (C=O) groups excluding carboxylic acids is 1. The van der Waals surface area contributed by atoms with Crippen molar-refractivity contribution in [2.75, 3.05) is 5.32 Å². The van der Waals surface area contributed by atoms with E-state index in [9.17, 15) is 9.59 Å². The van der Waals surface area contributed by atoms with Crippen molar-refractivity contribution in [3.8, 4) is 22.8 Å². The van der Waals surface area contributed by atoms with Gasteiger partial charge in [0.2, 0.25) is 11.7 Å². The minimum absolute atomic E-state index is 0.176. The van der Waals surface area contributed by atoms with E-state index in [1.807, 2.05) is 37.3 Å². The Balaban J connectivity index is 1.54. The molecule has 7 nitrogen and oxygen atoms in total. The second-order valence-electron chi connectivity index (χ2n) is 6.83. The van der Waals surface area contributed by atoms with Crippen molar-refractivity contribution in [3.05, 3.63) is 86.2 Å². The van der Waals surface area contributed by atoms with Gasteiger partial charge in [-0.15, -0.1) is 0 Å². The van der Waals surface area contributed by atoms with Gasteiger partial charge in [0, 0.05) is 33.0 Å². The topological polar surface area (TPSA) is 90.0 Å².